The van der Waals surface area contributed by atoms with Crippen LogP contribution in [0, 0.1) is 11.3 Å². The highest BCUT2D eigenvalue weighted by Crippen LogP contribution is 2.17. The molecule has 2 N–H and O–H groups in total. The minimum absolute atomic E-state index is 0.127. The molecule has 7 heteroatoms. The maximum atomic E-state index is 12.3. The standard InChI is InChI=1S/C18H14N4O3/c1-11(17(23)20-13-6-4-5-12(9-13)10-19)25-18(24)16-14-7-2-3-8-15(14)21-22-16/h2-9,11H,1H3,(H,20,23)(H,21,22)/t11-/m0/s1. The van der Waals surface area contributed by atoms with E-state index in [-0.39, 0.29) is 5.69 Å². The van der Waals surface area contributed by atoms with Crippen molar-refractivity contribution in [2.75, 3.05) is 5.32 Å². The molecule has 0 radical (unpaired) electrons. The van der Waals surface area contributed by atoms with Crippen LogP contribution >= 0.6 is 0 Å². The van der Waals surface area contributed by atoms with Crippen molar-refractivity contribution in [1.29, 1.82) is 5.26 Å². The van der Waals surface area contributed by atoms with Gasteiger partial charge in [0.1, 0.15) is 0 Å². The molecule has 124 valence electrons. The Hall–Kier alpha value is -3.66. The van der Waals surface area contributed by atoms with Crippen molar-refractivity contribution >= 4 is 28.5 Å². The van der Waals surface area contributed by atoms with Gasteiger partial charge in [-0.25, -0.2) is 4.79 Å². The average Bonchev–Trinajstić information content (AvgIpc) is 3.06. The summed E-state index contributed by atoms with van der Waals surface area (Å²) >= 11 is 0. The maximum Gasteiger partial charge on any atom is 0.360 e. The number of carbonyl (C=O) groups is 2. The zero-order valence-electron chi connectivity index (χ0n) is 13.3. The summed E-state index contributed by atoms with van der Waals surface area (Å²) in [4.78, 5) is 24.4. The van der Waals surface area contributed by atoms with E-state index < -0.39 is 18.0 Å². The summed E-state index contributed by atoms with van der Waals surface area (Å²) in [6, 6.07) is 15.6. The largest absolute Gasteiger partial charge is 0.448 e. The predicted molar refractivity (Wildman–Crippen MR) is 90.8 cm³/mol. The lowest BCUT2D eigenvalue weighted by atomic mass is 10.2. The number of esters is 1. The summed E-state index contributed by atoms with van der Waals surface area (Å²) in [6.45, 7) is 1.47. The summed E-state index contributed by atoms with van der Waals surface area (Å²) in [7, 11) is 0. The minimum Gasteiger partial charge on any atom is -0.448 e. The molecule has 0 fully saturated rings. The van der Waals surface area contributed by atoms with E-state index in [1.54, 1.807) is 36.4 Å². The van der Waals surface area contributed by atoms with Gasteiger partial charge in [0.15, 0.2) is 11.8 Å². The molecule has 1 atom stereocenters. The Balaban J connectivity index is 1.68. The van der Waals surface area contributed by atoms with Gasteiger partial charge >= 0.3 is 5.97 Å². The lowest BCUT2D eigenvalue weighted by molar-refractivity contribution is -0.123. The molecule has 1 amide bonds. The second-order valence-corrected chi connectivity index (χ2v) is 5.35. The van der Waals surface area contributed by atoms with E-state index in [9.17, 15) is 9.59 Å². The average molecular weight is 334 g/mol. The van der Waals surface area contributed by atoms with Crippen LogP contribution in [-0.2, 0) is 9.53 Å². The first-order valence-corrected chi connectivity index (χ1v) is 7.53. The molecule has 0 saturated carbocycles. The lowest BCUT2D eigenvalue weighted by Gasteiger charge is -2.13. The van der Waals surface area contributed by atoms with E-state index in [1.165, 1.54) is 13.0 Å². The molecule has 0 spiro atoms. The molecule has 25 heavy (non-hydrogen) atoms. The van der Waals surface area contributed by atoms with Crippen LogP contribution in [0.5, 0.6) is 0 Å². The molecular weight excluding hydrogens is 320 g/mol. The zero-order chi connectivity index (χ0) is 17.8. The Morgan fingerprint density at radius 2 is 2.04 bits per heavy atom. The number of nitriles is 1. The normalized spacial score (nSPS) is 11.5. The van der Waals surface area contributed by atoms with E-state index in [0.717, 1.165) is 0 Å². The van der Waals surface area contributed by atoms with Crippen LogP contribution < -0.4 is 5.32 Å². The topological polar surface area (TPSA) is 108 Å². The number of hydrogen-bond donors (Lipinski definition) is 2. The van der Waals surface area contributed by atoms with Crippen LogP contribution in [0.2, 0.25) is 0 Å². The second kappa shape index (κ2) is 6.84. The second-order valence-electron chi connectivity index (χ2n) is 5.35. The maximum absolute atomic E-state index is 12.3. The molecule has 0 bridgehead atoms. The summed E-state index contributed by atoms with van der Waals surface area (Å²) < 4.78 is 5.19. The van der Waals surface area contributed by atoms with Gasteiger partial charge in [0, 0.05) is 11.1 Å². The molecule has 7 nitrogen and oxygen atoms in total. The molecule has 3 aromatic rings. The number of benzene rings is 2. The van der Waals surface area contributed by atoms with Crippen LogP contribution in [0.3, 0.4) is 0 Å². The third kappa shape index (κ3) is 3.48. The minimum atomic E-state index is -1.02. The third-order valence-corrected chi connectivity index (χ3v) is 3.58. The van der Waals surface area contributed by atoms with E-state index in [2.05, 4.69) is 15.5 Å². The monoisotopic (exact) mass is 334 g/mol. The fourth-order valence-electron chi connectivity index (χ4n) is 2.30. The third-order valence-electron chi connectivity index (χ3n) is 3.58. The highest BCUT2D eigenvalue weighted by Gasteiger charge is 2.22. The van der Waals surface area contributed by atoms with Gasteiger partial charge in [0.05, 0.1) is 17.1 Å². The highest BCUT2D eigenvalue weighted by molar-refractivity contribution is 6.03. The van der Waals surface area contributed by atoms with E-state index in [4.69, 9.17) is 10.00 Å². The van der Waals surface area contributed by atoms with Crippen molar-refractivity contribution in [3.8, 4) is 6.07 Å². The van der Waals surface area contributed by atoms with Gasteiger partial charge in [-0.15, -0.1) is 0 Å². The number of hydrogen-bond acceptors (Lipinski definition) is 5. The molecule has 0 aliphatic carbocycles. The number of aromatic amines is 1. The van der Waals surface area contributed by atoms with Gasteiger partial charge in [-0.1, -0.05) is 24.3 Å². The molecule has 0 unspecified atom stereocenters. The van der Waals surface area contributed by atoms with Crippen molar-refractivity contribution in [3.05, 3.63) is 59.8 Å². The Kier molecular flexibility index (Phi) is 4.44. The van der Waals surface area contributed by atoms with Gasteiger partial charge in [-0.2, -0.15) is 10.4 Å². The molecule has 0 aliphatic heterocycles. The van der Waals surface area contributed by atoms with E-state index in [1.807, 2.05) is 12.1 Å². The van der Waals surface area contributed by atoms with Crippen molar-refractivity contribution in [2.45, 2.75) is 13.0 Å². The first kappa shape index (κ1) is 16.2. The first-order chi connectivity index (χ1) is 12.1. The summed E-state index contributed by atoms with van der Waals surface area (Å²) in [6.07, 6.45) is -1.02. The van der Waals surface area contributed by atoms with Gasteiger partial charge in [-0.05, 0) is 31.2 Å². The van der Waals surface area contributed by atoms with Crippen LogP contribution in [0.4, 0.5) is 5.69 Å². The van der Waals surface area contributed by atoms with Crippen molar-refractivity contribution < 1.29 is 14.3 Å². The van der Waals surface area contributed by atoms with E-state index in [0.29, 0.717) is 22.2 Å². The number of ether oxygens (including phenoxy) is 1. The molecule has 0 saturated heterocycles. The Morgan fingerprint density at radius 1 is 1.24 bits per heavy atom. The predicted octanol–water partition coefficient (Wildman–Crippen LogP) is 2.62. The summed E-state index contributed by atoms with van der Waals surface area (Å²) in [5.41, 5.74) is 1.71. The number of nitrogens with zero attached hydrogens (tertiary/aromatic N) is 2. The summed E-state index contributed by atoms with van der Waals surface area (Å²) in [5, 5.41) is 18.8. The number of rotatable bonds is 4. The van der Waals surface area contributed by atoms with Crippen LogP contribution in [0.25, 0.3) is 10.9 Å². The number of aromatic nitrogens is 2. The lowest BCUT2D eigenvalue weighted by Crippen LogP contribution is -2.30. The van der Waals surface area contributed by atoms with Crippen molar-refractivity contribution in [3.63, 3.8) is 0 Å². The fraction of sp³-hybridized carbons (Fsp3) is 0.111. The van der Waals surface area contributed by atoms with Gasteiger partial charge < -0.3 is 10.1 Å². The molecule has 2 aromatic carbocycles. The first-order valence-electron chi connectivity index (χ1n) is 7.53. The van der Waals surface area contributed by atoms with Gasteiger partial charge in [-0.3, -0.25) is 9.89 Å². The van der Waals surface area contributed by atoms with Crippen LogP contribution in [-0.4, -0.2) is 28.2 Å². The molecule has 1 heterocycles. The fourth-order valence-corrected chi connectivity index (χ4v) is 2.30. The highest BCUT2D eigenvalue weighted by atomic mass is 16.5. The number of nitrogens with one attached hydrogen (secondary N) is 2. The number of para-hydroxylation sites is 1. The number of anilines is 1. The number of fused-ring (bicyclic) bond motifs is 1. The number of H-pyrrole nitrogens is 1. The molecule has 3 rings (SSSR count). The summed E-state index contributed by atoms with van der Waals surface area (Å²) in [5.74, 6) is -1.19. The Labute approximate surface area is 143 Å². The van der Waals surface area contributed by atoms with E-state index >= 15 is 0 Å². The van der Waals surface area contributed by atoms with Crippen LogP contribution in [0.15, 0.2) is 48.5 Å². The molecule has 0 aliphatic rings. The van der Waals surface area contributed by atoms with Crippen molar-refractivity contribution in [2.24, 2.45) is 0 Å². The number of amides is 1. The SMILES string of the molecule is C[C@H](OC(=O)c1n[nH]c2ccccc12)C(=O)Nc1cccc(C#N)c1. The number of carbonyl (C=O) groups excluding carboxylic acids is 2. The Morgan fingerprint density at radius 3 is 2.84 bits per heavy atom. The Bertz CT molecular complexity index is 987. The van der Waals surface area contributed by atoms with Crippen molar-refractivity contribution in [1.82, 2.24) is 10.2 Å². The van der Waals surface area contributed by atoms with Crippen LogP contribution in [0.1, 0.15) is 23.0 Å². The van der Waals surface area contributed by atoms with Gasteiger partial charge in [0.2, 0.25) is 0 Å². The quantitative estimate of drug-likeness (QED) is 0.713. The molecule has 1 aromatic heterocycles. The van der Waals surface area contributed by atoms with Gasteiger partial charge in [0.25, 0.3) is 5.91 Å². The molecular formula is C18H14N4O3. The smallest absolute Gasteiger partial charge is 0.360 e. The zero-order valence-corrected chi connectivity index (χ0v) is 13.3.